The number of esters is 1. The van der Waals surface area contributed by atoms with E-state index >= 15 is 0 Å². The van der Waals surface area contributed by atoms with Gasteiger partial charge in [-0.05, 0) is 24.8 Å². The minimum absolute atomic E-state index is 0.248. The Labute approximate surface area is 176 Å². The number of cyclic esters (lactones) is 1. The second kappa shape index (κ2) is 13.6. The van der Waals surface area contributed by atoms with Crippen LogP contribution in [0.25, 0.3) is 0 Å². The van der Waals surface area contributed by atoms with Gasteiger partial charge >= 0.3 is 5.97 Å². The SMILES string of the molecule is CC1(C)OC(=O)[C@@H](C/C=C\CCCCCCCCCCOCc2ccccc2)O1. The van der Waals surface area contributed by atoms with Gasteiger partial charge < -0.3 is 14.2 Å². The highest BCUT2D eigenvalue weighted by atomic mass is 16.8. The van der Waals surface area contributed by atoms with Crippen molar-refractivity contribution in [2.45, 2.75) is 96.6 Å². The first-order valence-corrected chi connectivity index (χ1v) is 11.2. The van der Waals surface area contributed by atoms with E-state index in [1.807, 2.05) is 12.1 Å². The van der Waals surface area contributed by atoms with Crippen LogP contribution < -0.4 is 0 Å². The molecule has 1 aliphatic rings. The molecule has 0 N–H and O–H groups in total. The van der Waals surface area contributed by atoms with E-state index < -0.39 is 11.9 Å². The maximum absolute atomic E-state index is 11.6. The molecule has 162 valence electrons. The van der Waals surface area contributed by atoms with E-state index in [1.165, 1.54) is 50.5 Å². The van der Waals surface area contributed by atoms with Gasteiger partial charge in [-0.3, -0.25) is 0 Å². The third-order valence-corrected chi connectivity index (χ3v) is 5.07. The highest BCUT2D eigenvalue weighted by Crippen LogP contribution is 2.25. The lowest BCUT2D eigenvalue weighted by Gasteiger charge is -2.14. The Morgan fingerprint density at radius 1 is 0.931 bits per heavy atom. The molecule has 1 saturated heterocycles. The van der Waals surface area contributed by atoms with E-state index in [4.69, 9.17) is 14.2 Å². The van der Waals surface area contributed by atoms with Gasteiger partial charge in [0.15, 0.2) is 6.10 Å². The predicted octanol–water partition coefficient (Wildman–Crippen LogP) is 6.34. The molecular weight excluding hydrogens is 364 g/mol. The molecule has 0 spiro atoms. The fraction of sp³-hybridized carbons (Fsp3) is 0.640. The average Bonchev–Trinajstić information content (AvgIpc) is 2.97. The Morgan fingerprint density at radius 2 is 1.59 bits per heavy atom. The third-order valence-electron chi connectivity index (χ3n) is 5.07. The summed E-state index contributed by atoms with van der Waals surface area (Å²) < 4.78 is 16.4. The van der Waals surface area contributed by atoms with Crippen LogP contribution >= 0.6 is 0 Å². The smallest absolute Gasteiger partial charge is 0.338 e. The van der Waals surface area contributed by atoms with Gasteiger partial charge in [0, 0.05) is 26.9 Å². The lowest BCUT2D eigenvalue weighted by molar-refractivity contribution is -0.160. The molecule has 1 atom stereocenters. The molecule has 0 saturated carbocycles. The van der Waals surface area contributed by atoms with Crippen LogP contribution in [0.1, 0.15) is 83.6 Å². The highest BCUT2D eigenvalue weighted by Gasteiger charge is 2.39. The van der Waals surface area contributed by atoms with Crippen LogP contribution in [-0.4, -0.2) is 24.5 Å². The van der Waals surface area contributed by atoms with E-state index in [0.717, 1.165) is 26.1 Å². The Balaban J connectivity index is 1.32. The van der Waals surface area contributed by atoms with E-state index in [0.29, 0.717) is 6.42 Å². The largest absolute Gasteiger partial charge is 0.432 e. The van der Waals surface area contributed by atoms with E-state index in [9.17, 15) is 4.79 Å². The lowest BCUT2D eigenvalue weighted by atomic mass is 10.1. The Morgan fingerprint density at radius 3 is 2.24 bits per heavy atom. The molecule has 4 heteroatoms. The fourth-order valence-electron chi connectivity index (χ4n) is 3.50. The maximum Gasteiger partial charge on any atom is 0.338 e. The molecular formula is C25H38O4. The standard InChI is InChI=1S/C25H38O4/c1-25(2)28-23(24(26)29-25)19-15-10-8-6-4-3-5-7-9-11-16-20-27-21-22-17-13-12-14-18-22/h10,12-15,17-18,23H,3-9,11,16,19-21H2,1-2H3/b15-10-/t23-/m1/s1. The van der Waals surface area contributed by atoms with Gasteiger partial charge in [-0.25, -0.2) is 4.79 Å². The summed E-state index contributed by atoms with van der Waals surface area (Å²) in [5.41, 5.74) is 1.25. The van der Waals surface area contributed by atoms with E-state index in [2.05, 4.69) is 30.3 Å². The summed E-state index contributed by atoms with van der Waals surface area (Å²) in [4.78, 5) is 11.6. The van der Waals surface area contributed by atoms with Crippen molar-refractivity contribution in [3.8, 4) is 0 Å². The zero-order valence-corrected chi connectivity index (χ0v) is 18.2. The normalized spacial score (nSPS) is 18.4. The molecule has 0 bridgehead atoms. The molecule has 0 radical (unpaired) electrons. The van der Waals surface area contributed by atoms with Crippen molar-refractivity contribution >= 4 is 5.97 Å². The molecule has 1 heterocycles. The lowest BCUT2D eigenvalue weighted by Crippen LogP contribution is -2.21. The van der Waals surface area contributed by atoms with Crippen LogP contribution in [0, 0.1) is 0 Å². The first kappa shape index (κ1) is 23.6. The van der Waals surface area contributed by atoms with Gasteiger partial charge in [0.25, 0.3) is 0 Å². The number of rotatable bonds is 15. The van der Waals surface area contributed by atoms with Gasteiger partial charge in [-0.2, -0.15) is 0 Å². The van der Waals surface area contributed by atoms with Gasteiger partial charge in [0.2, 0.25) is 5.79 Å². The Kier molecular flexibility index (Phi) is 11.0. The van der Waals surface area contributed by atoms with Crippen LogP contribution in [0.2, 0.25) is 0 Å². The maximum atomic E-state index is 11.6. The van der Waals surface area contributed by atoms with Gasteiger partial charge in [0.05, 0.1) is 6.61 Å². The third kappa shape index (κ3) is 10.6. The zero-order chi connectivity index (χ0) is 20.8. The van der Waals surface area contributed by atoms with Crippen molar-refractivity contribution < 1.29 is 19.0 Å². The summed E-state index contributed by atoms with van der Waals surface area (Å²) in [5.74, 6) is -1.02. The Hall–Kier alpha value is -1.65. The number of hydrogen-bond donors (Lipinski definition) is 0. The van der Waals surface area contributed by atoms with Gasteiger partial charge in [-0.15, -0.1) is 0 Å². The number of allylic oxidation sites excluding steroid dienone is 1. The average molecular weight is 403 g/mol. The number of ether oxygens (including phenoxy) is 3. The molecule has 0 amide bonds. The minimum Gasteiger partial charge on any atom is -0.432 e. The molecule has 29 heavy (non-hydrogen) atoms. The molecule has 1 aliphatic heterocycles. The Bertz CT molecular complexity index is 594. The van der Waals surface area contributed by atoms with Crippen LogP contribution in [0.15, 0.2) is 42.5 Å². The molecule has 2 rings (SSSR count). The zero-order valence-electron chi connectivity index (χ0n) is 18.2. The number of hydrogen-bond acceptors (Lipinski definition) is 4. The van der Waals surface area contributed by atoms with Crippen molar-refractivity contribution in [2.75, 3.05) is 6.61 Å². The molecule has 0 aliphatic carbocycles. The quantitative estimate of drug-likeness (QED) is 0.195. The molecule has 4 nitrogen and oxygen atoms in total. The second-order valence-electron chi connectivity index (χ2n) is 8.29. The highest BCUT2D eigenvalue weighted by molar-refractivity contribution is 5.76. The van der Waals surface area contributed by atoms with Crippen molar-refractivity contribution in [3.63, 3.8) is 0 Å². The number of unbranched alkanes of at least 4 members (excludes halogenated alkanes) is 8. The molecule has 1 aromatic rings. The van der Waals surface area contributed by atoms with Crippen LogP contribution in [0.4, 0.5) is 0 Å². The second-order valence-corrected chi connectivity index (χ2v) is 8.29. The first-order valence-electron chi connectivity index (χ1n) is 11.2. The van der Waals surface area contributed by atoms with Crippen LogP contribution in [0.5, 0.6) is 0 Å². The number of carbonyl (C=O) groups excluding carboxylic acids is 1. The van der Waals surface area contributed by atoms with Crippen LogP contribution in [0.3, 0.4) is 0 Å². The van der Waals surface area contributed by atoms with Crippen LogP contribution in [-0.2, 0) is 25.6 Å². The van der Waals surface area contributed by atoms with Gasteiger partial charge in [0.1, 0.15) is 0 Å². The summed E-state index contributed by atoms with van der Waals surface area (Å²) >= 11 is 0. The predicted molar refractivity (Wildman–Crippen MR) is 116 cm³/mol. The summed E-state index contributed by atoms with van der Waals surface area (Å²) in [7, 11) is 0. The molecule has 1 fully saturated rings. The number of carbonyl (C=O) groups is 1. The minimum atomic E-state index is -0.773. The van der Waals surface area contributed by atoms with Crippen molar-refractivity contribution in [3.05, 3.63) is 48.0 Å². The summed E-state index contributed by atoms with van der Waals surface area (Å²) in [6.45, 7) is 5.14. The summed E-state index contributed by atoms with van der Waals surface area (Å²) in [6.07, 6.45) is 15.6. The number of benzene rings is 1. The molecule has 0 unspecified atom stereocenters. The molecule has 1 aromatic carbocycles. The topological polar surface area (TPSA) is 44.8 Å². The van der Waals surface area contributed by atoms with Gasteiger partial charge in [-0.1, -0.05) is 81.0 Å². The van der Waals surface area contributed by atoms with E-state index in [1.54, 1.807) is 13.8 Å². The summed E-state index contributed by atoms with van der Waals surface area (Å²) in [6, 6.07) is 10.4. The van der Waals surface area contributed by atoms with Crippen molar-refractivity contribution in [1.29, 1.82) is 0 Å². The van der Waals surface area contributed by atoms with E-state index in [-0.39, 0.29) is 5.97 Å². The fourth-order valence-corrected chi connectivity index (χ4v) is 3.50. The van der Waals surface area contributed by atoms with Crippen molar-refractivity contribution in [2.24, 2.45) is 0 Å². The first-order chi connectivity index (χ1) is 14.1. The monoisotopic (exact) mass is 402 g/mol. The summed E-state index contributed by atoms with van der Waals surface area (Å²) in [5, 5.41) is 0. The van der Waals surface area contributed by atoms with Crippen molar-refractivity contribution in [1.82, 2.24) is 0 Å². The molecule has 0 aromatic heterocycles.